The van der Waals surface area contributed by atoms with Gasteiger partial charge in [0.05, 0.1) is 13.1 Å². The van der Waals surface area contributed by atoms with Gasteiger partial charge >= 0.3 is 0 Å². The highest BCUT2D eigenvalue weighted by Gasteiger charge is 2.31. The van der Waals surface area contributed by atoms with Gasteiger partial charge in [0.2, 0.25) is 11.8 Å². The first-order chi connectivity index (χ1) is 8.69. The monoisotopic (exact) mass is 253 g/mol. The topological polar surface area (TPSA) is 61.4 Å². The molecule has 0 atom stereocenters. The molecule has 0 bridgehead atoms. The lowest BCUT2D eigenvalue weighted by Crippen LogP contribution is -2.55. The van der Waals surface area contributed by atoms with Crippen molar-refractivity contribution in [3.8, 4) is 0 Å². The molecule has 2 N–H and O–H groups in total. The first-order valence-electron chi connectivity index (χ1n) is 6.99. The summed E-state index contributed by atoms with van der Waals surface area (Å²) in [4.78, 5) is 24.7. The van der Waals surface area contributed by atoms with Crippen LogP contribution in [-0.2, 0) is 9.59 Å². The Morgan fingerprint density at radius 3 is 2.33 bits per heavy atom. The van der Waals surface area contributed by atoms with Gasteiger partial charge in [-0.05, 0) is 38.6 Å². The average Bonchev–Trinajstić information content (AvgIpc) is 2.36. The fourth-order valence-corrected chi connectivity index (χ4v) is 2.91. The van der Waals surface area contributed by atoms with Crippen molar-refractivity contribution in [3.63, 3.8) is 0 Å². The van der Waals surface area contributed by atoms with Crippen molar-refractivity contribution in [2.45, 2.75) is 51.1 Å². The summed E-state index contributed by atoms with van der Waals surface area (Å²) in [6.07, 6.45) is 5.64. The van der Waals surface area contributed by atoms with Crippen LogP contribution in [0.5, 0.6) is 0 Å². The maximum Gasteiger partial charge on any atom is 0.240 e. The van der Waals surface area contributed by atoms with Crippen molar-refractivity contribution in [3.05, 3.63) is 0 Å². The molecule has 0 aromatic carbocycles. The summed E-state index contributed by atoms with van der Waals surface area (Å²) < 4.78 is 0. The molecule has 1 aliphatic heterocycles. The second kappa shape index (κ2) is 6.29. The SMILES string of the molecule is CCCNC1CCC(N2CC(=O)NC(=O)C2)CC1. The van der Waals surface area contributed by atoms with Crippen molar-refractivity contribution in [2.75, 3.05) is 19.6 Å². The molecule has 0 spiro atoms. The predicted molar refractivity (Wildman–Crippen MR) is 69.1 cm³/mol. The van der Waals surface area contributed by atoms with E-state index in [1.165, 1.54) is 6.42 Å². The molecule has 2 rings (SSSR count). The molecular formula is C13H23N3O2. The molecule has 1 saturated carbocycles. The second-order valence-corrected chi connectivity index (χ2v) is 5.34. The van der Waals surface area contributed by atoms with Crippen molar-refractivity contribution in [1.82, 2.24) is 15.5 Å². The molecule has 5 nitrogen and oxygen atoms in total. The third kappa shape index (κ3) is 3.53. The fourth-order valence-electron chi connectivity index (χ4n) is 2.91. The zero-order chi connectivity index (χ0) is 13.0. The van der Waals surface area contributed by atoms with Crippen molar-refractivity contribution in [2.24, 2.45) is 0 Å². The van der Waals surface area contributed by atoms with Gasteiger partial charge in [-0.3, -0.25) is 19.8 Å². The number of hydrogen-bond acceptors (Lipinski definition) is 4. The van der Waals surface area contributed by atoms with Crippen LogP contribution >= 0.6 is 0 Å². The summed E-state index contributed by atoms with van der Waals surface area (Å²) in [5, 5.41) is 5.90. The van der Waals surface area contributed by atoms with Crippen LogP contribution in [0.2, 0.25) is 0 Å². The highest BCUT2D eigenvalue weighted by Crippen LogP contribution is 2.23. The Balaban J connectivity index is 1.78. The smallest absolute Gasteiger partial charge is 0.240 e. The Labute approximate surface area is 108 Å². The number of rotatable bonds is 4. The van der Waals surface area contributed by atoms with Gasteiger partial charge in [-0.1, -0.05) is 6.92 Å². The van der Waals surface area contributed by atoms with Gasteiger partial charge < -0.3 is 5.32 Å². The molecule has 18 heavy (non-hydrogen) atoms. The van der Waals surface area contributed by atoms with Crippen LogP contribution in [0.25, 0.3) is 0 Å². The molecule has 0 radical (unpaired) electrons. The number of nitrogens with zero attached hydrogens (tertiary/aromatic N) is 1. The number of hydrogen-bond donors (Lipinski definition) is 2. The van der Waals surface area contributed by atoms with Crippen LogP contribution in [0.1, 0.15) is 39.0 Å². The van der Waals surface area contributed by atoms with Crippen molar-refractivity contribution in [1.29, 1.82) is 0 Å². The molecule has 1 aliphatic carbocycles. The predicted octanol–water partition coefficient (Wildman–Crippen LogP) is 0.256. The van der Waals surface area contributed by atoms with E-state index < -0.39 is 0 Å². The number of nitrogens with one attached hydrogen (secondary N) is 2. The maximum absolute atomic E-state index is 11.3. The molecule has 0 aromatic heterocycles. The first kappa shape index (κ1) is 13.5. The van der Waals surface area contributed by atoms with E-state index in [0.29, 0.717) is 25.2 Å². The molecule has 0 aromatic rings. The van der Waals surface area contributed by atoms with Gasteiger partial charge in [0.25, 0.3) is 0 Å². The summed E-state index contributed by atoms with van der Waals surface area (Å²) in [7, 11) is 0. The molecule has 102 valence electrons. The zero-order valence-electron chi connectivity index (χ0n) is 11.1. The lowest BCUT2D eigenvalue weighted by atomic mass is 9.89. The highest BCUT2D eigenvalue weighted by molar-refractivity contribution is 5.99. The van der Waals surface area contributed by atoms with E-state index in [1.54, 1.807) is 0 Å². The van der Waals surface area contributed by atoms with E-state index in [-0.39, 0.29) is 11.8 Å². The Morgan fingerprint density at radius 2 is 1.78 bits per heavy atom. The largest absolute Gasteiger partial charge is 0.314 e. The van der Waals surface area contributed by atoms with Gasteiger partial charge in [0, 0.05) is 12.1 Å². The molecule has 0 unspecified atom stereocenters. The minimum Gasteiger partial charge on any atom is -0.314 e. The number of imide groups is 1. The molecule has 2 aliphatic rings. The number of amides is 2. The molecule has 2 fully saturated rings. The van der Waals surface area contributed by atoms with Crippen molar-refractivity contribution >= 4 is 11.8 Å². The van der Waals surface area contributed by atoms with Crippen LogP contribution < -0.4 is 10.6 Å². The summed E-state index contributed by atoms with van der Waals surface area (Å²) in [5.41, 5.74) is 0. The Bertz CT molecular complexity index is 295. The van der Waals surface area contributed by atoms with Gasteiger partial charge in [0.1, 0.15) is 0 Å². The molecule has 2 amide bonds. The Kier molecular flexibility index (Phi) is 4.72. The van der Waals surface area contributed by atoms with Gasteiger partial charge in [-0.25, -0.2) is 0 Å². The standard InChI is InChI=1S/C13H23N3O2/c1-2-7-14-10-3-5-11(6-4-10)16-8-12(17)15-13(18)9-16/h10-11,14H,2-9H2,1H3,(H,15,17,18). The minimum atomic E-state index is -0.155. The average molecular weight is 253 g/mol. The highest BCUT2D eigenvalue weighted by atomic mass is 16.2. The minimum absolute atomic E-state index is 0.155. The summed E-state index contributed by atoms with van der Waals surface area (Å²) in [6, 6.07) is 1.02. The van der Waals surface area contributed by atoms with Crippen LogP contribution in [0.15, 0.2) is 0 Å². The van der Waals surface area contributed by atoms with E-state index >= 15 is 0 Å². The normalized spacial score (nSPS) is 30.3. The maximum atomic E-state index is 11.3. The molecular weight excluding hydrogens is 230 g/mol. The second-order valence-electron chi connectivity index (χ2n) is 5.34. The number of piperazine rings is 1. The molecule has 1 saturated heterocycles. The van der Waals surface area contributed by atoms with Gasteiger partial charge in [0.15, 0.2) is 0 Å². The van der Waals surface area contributed by atoms with E-state index in [2.05, 4.69) is 17.6 Å². The van der Waals surface area contributed by atoms with Crippen molar-refractivity contribution < 1.29 is 9.59 Å². The Hall–Kier alpha value is -0.940. The van der Waals surface area contributed by atoms with Gasteiger partial charge in [-0.15, -0.1) is 0 Å². The third-order valence-electron chi connectivity index (χ3n) is 3.87. The van der Waals surface area contributed by atoms with Crippen LogP contribution in [0.4, 0.5) is 0 Å². The third-order valence-corrected chi connectivity index (χ3v) is 3.87. The molecule has 5 heteroatoms. The lowest BCUT2D eigenvalue weighted by Gasteiger charge is -2.38. The lowest BCUT2D eigenvalue weighted by molar-refractivity contribution is -0.137. The van der Waals surface area contributed by atoms with Crippen LogP contribution in [0, 0.1) is 0 Å². The Morgan fingerprint density at radius 1 is 1.17 bits per heavy atom. The van der Waals surface area contributed by atoms with Gasteiger partial charge in [-0.2, -0.15) is 0 Å². The van der Waals surface area contributed by atoms with E-state index in [9.17, 15) is 9.59 Å². The van der Waals surface area contributed by atoms with Crippen LogP contribution in [-0.4, -0.2) is 48.4 Å². The zero-order valence-corrected chi connectivity index (χ0v) is 11.1. The van der Waals surface area contributed by atoms with E-state index in [4.69, 9.17) is 0 Å². The summed E-state index contributed by atoms with van der Waals surface area (Å²) in [5.74, 6) is -0.310. The summed E-state index contributed by atoms with van der Waals surface area (Å²) in [6.45, 7) is 4.02. The molecule has 1 heterocycles. The number of carbonyl (C=O) groups is 2. The summed E-state index contributed by atoms with van der Waals surface area (Å²) >= 11 is 0. The number of carbonyl (C=O) groups excluding carboxylic acids is 2. The first-order valence-corrected chi connectivity index (χ1v) is 6.99. The van der Waals surface area contributed by atoms with E-state index in [0.717, 1.165) is 32.2 Å². The quantitative estimate of drug-likeness (QED) is 0.705. The van der Waals surface area contributed by atoms with E-state index in [1.807, 2.05) is 4.90 Å². The fraction of sp³-hybridized carbons (Fsp3) is 0.846. The van der Waals surface area contributed by atoms with Crippen LogP contribution in [0.3, 0.4) is 0 Å².